The van der Waals surface area contributed by atoms with E-state index in [1.165, 1.54) is 42.6 Å². The van der Waals surface area contributed by atoms with Crippen molar-refractivity contribution in [2.45, 2.75) is 101 Å². The van der Waals surface area contributed by atoms with E-state index in [4.69, 9.17) is 9.72 Å². The van der Waals surface area contributed by atoms with Gasteiger partial charge in [-0.3, -0.25) is 14.8 Å². The van der Waals surface area contributed by atoms with E-state index < -0.39 is 11.9 Å². The van der Waals surface area contributed by atoms with E-state index in [-0.39, 0.29) is 12.0 Å². The molecular formula is C29H38N2O3. The molecule has 0 aromatic carbocycles. The average molecular weight is 463 g/mol. The third-order valence-corrected chi connectivity index (χ3v) is 8.28. The number of hydrogen-bond acceptors (Lipinski definition) is 4. The van der Waals surface area contributed by atoms with Crippen molar-refractivity contribution in [3.63, 3.8) is 0 Å². The predicted octanol–water partition coefficient (Wildman–Crippen LogP) is 6.00. The average Bonchev–Trinajstić information content (AvgIpc) is 3.27. The Morgan fingerprint density at radius 2 is 1.94 bits per heavy atom. The van der Waals surface area contributed by atoms with E-state index in [1.807, 2.05) is 18.3 Å². The van der Waals surface area contributed by atoms with Gasteiger partial charge in [-0.25, -0.2) is 0 Å². The molecule has 5 heteroatoms. The lowest BCUT2D eigenvalue weighted by atomic mass is 9.76. The molecule has 1 N–H and O–H groups in total. The van der Waals surface area contributed by atoms with Gasteiger partial charge in [-0.05, 0) is 106 Å². The number of rotatable bonds is 10. The van der Waals surface area contributed by atoms with E-state index in [1.54, 1.807) is 0 Å². The highest BCUT2D eigenvalue weighted by atomic mass is 16.5. The molecule has 0 saturated heterocycles. The van der Waals surface area contributed by atoms with Crippen molar-refractivity contribution in [1.82, 2.24) is 9.97 Å². The van der Waals surface area contributed by atoms with Crippen LogP contribution in [0.3, 0.4) is 0 Å². The largest absolute Gasteiger partial charge is 0.481 e. The van der Waals surface area contributed by atoms with Crippen molar-refractivity contribution in [2.75, 3.05) is 6.61 Å². The van der Waals surface area contributed by atoms with Gasteiger partial charge in [0.2, 0.25) is 0 Å². The third-order valence-electron chi connectivity index (χ3n) is 8.28. The molecule has 0 radical (unpaired) electrons. The first-order chi connectivity index (χ1) is 16.7. The minimum Gasteiger partial charge on any atom is -0.481 e. The zero-order chi connectivity index (χ0) is 23.3. The van der Waals surface area contributed by atoms with Gasteiger partial charge >= 0.3 is 5.97 Å². The molecule has 0 aliphatic heterocycles. The zero-order valence-corrected chi connectivity index (χ0v) is 20.3. The van der Waals surface area contributed by atoms with E-state index in [0.29, 0.717) is 5.92 Å². The number of hydrogen-bond donors (Lipinski definition) is 1. The second-order valence-corrected chi connectivity index (χ2v) is 10.6. The number of aromatic nitrogens is 2. The van der Waals surface area contributed by atoms with Gasteiger partial charge in [0.15, 0.2) is 0 Å². The molecule has 182 valence electrons. The lowest BCUT2D eigenvalue weighted by Gasteiger charge is -2.30. The van der Waals surface area contributed by atoms with Crippen LogP contribution in [0, 0.1) is 5.92 Å². The summed E-state index contributed by atoms with van der Waals surface area (Å²) in [4.78, 5) is 21.8. The van der Waals surface area contributed by atoms with Gasteiger partial charge in [0.25, 0.3) is 0 Å². The number of aliphatic carboxylic acids is 1. The van der Waals surface area contributed by atoms with E-state index in [2.05, 4.69) is 17.1 Å². The van der Waals surface area contributed by atoms with E-state index >= 15 is 0 Å². The number of aryl methyl sites for hydroxylation is 3. The third kappa shape index (κ3) is 5.35. The number of carboxylic acids is 1. The molecular weight excluding hydrogens is 424 g/mol. The van der Waals surface area contributed by atoms with Crippen molar-refractivity contribution in [1.29, 1.82) is 0 Å². The van der Waals surface area contributed by atoms with Gasteiger partial charge in [-0.2, -0.15) is 0 Å². The Kier molecular flexibility index (Phi) is 7.58. The molecule has 2 fully saturated rings. The van der Waals surface area contributed by atoms with Crippen molar-refractivity contribution >= 4 is 5.97 Å². The molecule has 5 nitrogen and oxygen atoms in total. The Morgan fingerprint density at radius 1 is 1.06 bits per heavy atom. The minimum absolute atomic E-state index is 0.130. The van der Waals surface area contributed by atoms with Gasteiger partial charge in [-0.1, -0.05) is 18.6 Å². The van der Waals surface area contributed by atoms with Crippen LogP contribution in [0.4, 0.5) is 0 Å². The SMILES string of the molecule is O=C(O)C(c1cccnc1C1CCC1)C1CC[C@@H](OCCCCc2ccc3c(n2)CCCC3)C1. The van der Waals surface area contributed by atoms with Gasteiger partial charge < -0.3 is 9.84 Å². The highest BCUT2D eigenvalue weighted by Gasteiger charge is 2.39. The maximum absolute atomic E-state index is 12.3. The molecule has 0 amide bonds. The summed E-state index contributed by atoms with van der Waals surface area (Å²) < 4.78 is 6.21. The minimum atomic E-state index is -0.711. The lowest BCUT2D eigenvalue weighted by molar-refractivity contribution is -0.140. The number of carbonyl (C=O) groups is 1. The number of pyridine rings is 2. The van der Waals surface area contributed by atoms with Crippen LogP contribution in [-0.2, 0) is 28.8 Å². The van der Waals surface area contributed by atoms with Crippen LogP contribution in [0.1, 0.15) is 104 Å². The highest BCUT2D eigenvalue weighted by Crippen LogP contribution is 2.44. The molecule has 3 aliphatic rings. The van der Waals surface area contributed by atoms with Gasteiger partial charge in [-0.15, -0.1) is 0 Å². The van der Waals surface area contributed by atoms with Crippen molar-refractivity contribution < 1.29 is 14.6 Å². The van der Waals surface area contributed by atoms with E-state index in [9.17, 15) is 9.90 Å². The number of ether oxygens (including phenoxy) is 1. The molecule has 2 heterocycles. The Hall–Kier alpha value is -2.27. The Labute approximate surface area is 203 Å². The summed E-state index contributed by atoms with van der Waals surface area (Å²) in [6.07, 6.45) is 16.2. The summed E-state index contributed by atoms with van der Waals surface area (Å²) in [6.45, 7) is 0.750. The monoisotopic (exact) mass is 462 g/mol. The molecule has 3 aliphatic carbocycles. The summed E-state index contributed by atoms with van der Waals surface area (Å²) in [5.41, 5.74) is 5.95. The van der Waals surface area contributed by atoms with Gasteiger partial charge in [0.05, 0.1) is 12.0 Å². The zero-order valence-electron chi connectivity index (χ0n) is 20.3. The van der Waals surface area contributed by atoms with Crippen LogP contribution >= 0.6 is 0 Å². The van der Waals surface area contributed by atoms with Crippen LogP contribution in [0.2, 0.25) is 0 Å². The Bertz CT molecular complexity index is 987. The first-order valence-electron chi connectivity index (χ1n) is 13.5. The number of nitrogens with zero attached hydrogens (tertiary/aromatic N) is 2. The lowest BCUT2D eigenvalue weighted by Crippen LogP contribution is -2.24. The molecule has 5 rings (SSSR count). The summed E-state index contributed by atoms with van der Waals surface area (Å²) in [6, 6.07) is 8.38. The van der Waals surface area contributed by atoms with Crippen molar-refractivity contribution in [3.05, 3.63) is 58.7 Å². The number of unbranched alkanes of at least 4 members (excludes halogenated alkanes) is 1. The summed E-state index contributed by atoms with van der Waals surface area (Å²) in [7, 11) is 0. The quantitative estimate of drug-likeness (QED) is 0.439. The first kappa shape index (κ1) is 23.5. The molecule has 2 aromatic rings. The molecule has 2 unspecified atom stereocenters. The fraction of sp³-hybridized carbons (Fsp3) is 0.621. The summed E-state index contributed by atoms with van der Waals surface area (Å²) >= 11 is 0. The molecule has 2 aromatic heterocycles. The van der Waals surface area contributed by atoms with Crippen LogP contribution in [0.25, 0.3) is 0 Å². The second kappa shape index (κ2) is 11.0. The molecule has 2 saturated carbocycles. The maximum atomic E-state index is 12.3. The molecule has 34 heavy (non-hydrogen) atoms. The Morgan fingerprint density at radius 3 is 2.76 bits per heavy atom. The van der Waals surface area contributed by atoms with Gasteiger partial charge in [0, 0.05) is 35.8 Å². The van der Waals surface area contributed by atoms with Crippen LogP contribution in [-0.4, -0.2) is 33.8 Å². The first-order valence-corrected chi connectivity index (χ1v) is 13.5. The van der Waals surface area contributed by atoms with Crippen LogP contribution in [0.15, 0.2) is 30.5 Å². The number of fused-ring (bicyclic) bond motifs is 1. The summed E-state index contributed by atoms with van der Waals surface area (Å²) in [5.74, 6) is -0.605. The standard InChI is InChI=1S/C29H38N2O3/c32-29(33)27(25-11-6-17-30-28(25)21-8-5-9-21)22-14-16-24(19-22)34-18-4-3-10-23-15-13-20-7-1-2-12-26(20)31-23/h6,11,13,15,17,21-22,24,27H,1-5,7-10,12,14,16,18-19H2,(H,32,33)/t22?,24-,27?/m1/s1. The van der Waals surface area contributed by atoms with Gasteiger partial charge in [0.1, 0.15) is 0 Å². The Balaban J connectivity index is 1.09. The number of carboxylic acid groups (broad SMARTS) is 1. The molecule has 0 bridgehead atoms. The predicted molar refractivity (Wildman–Crippen MR) is 132 cm³/mol. The maximum Gasteiger partial charge on any atom is 0.311 e. The smallest absolute Gasteiger partial charge is 0.311 e. The second-order valence-electron chi connectivity index (χ2n) is 10.6. The van der Waals surface area contributed by atoms with Crippen LogP contribution in [0.5, 0.6) is 0 Å². The van der Waals surface area contributed by atoms with Crippen molar-refractivity contribution in [2.24, 2.45) is 5.92 Å². The van der Waals surface area contributed by atoms with E-state index in [0.717, 1.165) is 75.7 Å². The van der Waals surface area contributed by atoms with Crippen molar-refractivity contribution in [3.8, 4) is 0 Å². The topological polar surface area (TPSA) is 72.3 Å². The fourth-order valence-electron chi connectivity index (χ4n) is 6.16. The van der Waals surface area contributed by atoms with Crippen LogP contribution < -0.4 is 0 Å². The molecule has 3 atom stereocenters. The fourth-order valence-corrected chi connectivity index (χ4v) is 6.16. The molecule has 0 spiro atoms. The normalized spacial score (nSPS) is 23.3. The summed E-state index contributed by atoms with van der Waals surface area (Å²) in [5, 5.41) is 10.1. The highest BCUT2D eigenvalue weighted by molar-refractivity contribution is 5.77.